The second-order valence-corrected chi connectivity index (χ2v) is 6.77. The molecular weight excluding hydrogens is 350 g/mol. The van der Waals surface area contributed by atoms with Gasteiger partial charge in [0.2, 0.25) is 5.91 Å². The maximum absolute atomic E-state index is 11.3. The Kier molecular flexibility index (Phi) is 14.8. The number of nitrogens with one attached hydrogen (secondary N) is 1. The number of epoxide rings is 1. The number of ether oxygens (including phenoxy) is 1. The molecular formula is C24H37NO3. The van der Waals surface area contributed by atoms with Crippen molar-refractivity contribution in [1.82, 2.24) is 5.32 Å². The number of carbonyl (C=O) groups is 1. The van der Waals surface area contributed by atoms with Gasteiger partial charge in [0.1, 0.15) is 0 Å². The Bertz CT molecular complexity index is 546. The Balaban J connectivity index is 1.93. The van der Waals surface area contributed by atoms with Gasteiger partial charge in [-0.15, -0.1) is 0 Å². The van der Waals surface area contributed by atoms with Gasteiger partial charge < -0.3 is 15.2 Å². The van der Waals surface area contributed by atoms with Crippen molar-refractivity contribution < 1.29 is 14.6 Å². The first-order chi connectivity index (χ1) is 13.8. The van der Waals surface area contributed by atoms with E-state index >= 15 is 0 Å². The number of carbonyl (C=O) groups excluding carboxylic acids is 1. The highest BCUT2D eigenvalue weighted by Crippen LogP contribution is 2.29. The Hall–Kier alpha value is -1.91. The zero-order valence-corrected chi connectivity index (χ0v) is 17.3. The van der Waals surface area contributed by atoms with Crippen LogP contribution in [-0.4, -0.2) is 36.4 Å². The molecule has 1 heterocycles. The molecule has 4 nitrogen and oxygen atoms in total. The Morgan fingerprint density at radius 1 is 0.857 bits per heavy atom. The lowest BCUT2D eigenvalue weighted by Crippen LogP contribution is -2.25. The minimum absolute atomic E-state index is 0.00977. The van der Waals surface area contributed by atoms with E-state index in [2.05, 4.69) is 66.9 Å². The topological polar surface area (TPSA) is 61.9 Å². The smallest absolute Gasteiger partial charge is 0.220 e. The van der Waals surface area contributed by atoms with E-state index in [1.807, 2.05) is 6.08 Å². The molecule has 0 aromatic rings. The molecule has 1 fully saturated rings. The molecule has 4 heteroatoms. The second kappa shape index (κ2) is 17.2. The largest absolute Gasteiger partial charge is 0.395 e. The highest BCUT2D eigenvalue weighted by molar-refractivity contribution is 5.75. The number of aliphatic hydroxyl groups excluding tert-OH is 1. The highest BCUT2D eigenvalue weighted by Gasteiger charge is 2.35. The van der Waals surface area contributed by atoms with Crippen LogP contribution < -0.4 is 5.32 Å². The third-order valence-corrected chi connectivity index (χ3v) is 4.28. The first-order valence-electron chi connectivity index (χ1n) is 10.6. The molecule has 0 aliphatic carbocycles. The highest BCUT2D eigenvalue weighted by atomic mass is 16.6. The summed E-state index contributed by atoms with van der Waals surface area (Å²) in [5.74, 6) is -0.0120. The molecule has 0 radical (unpaired) electrons. The van der Waals surface area contributed by atoms with E-state index in [1.165, 1.54) is 0 Å². The normalized spacial score (nSPS) is 19.8. The van der Waals surface area contributed by atoms with E-state index in [9.17, 15) is 4.79 Å². The fourth-order valence-corrected chi connectivity index (χ4v) is 2.65. The molecule has 28 heavy (non-hydrogen) atoms. The van der Waals surface area contributed by atoms with Crippen LogP contribution in [0, 0.1) is 0 Å². The maximum atomic E-state index is 11.3. The number of hydrogen-bond acceptors (Lipinski definition) is 3. The van der Waals surface area contributed by atoms with Crippen LogP contribution in [0.5, 0.6) is 0 Å². The number of allylic oxidation sites excluding steroid dienone is 8. The molecule has 0 spiro atoms. The SMILES string of the molecule is CC/C=C\CC1OC1C/C=C\C/C=C\C/C=C\C/C=C\CCC(=O)NCCO. The van der Waals surface area contributed by atoms with Crippen LogP contribution in [0.3, 0.4) is 0 Å². The van der Waals surface area contributed by atoms with E-state index in [4.69, 9.17) is 9.84 Å². The maximum Gasteiger partial charge on any atom is 0.220 e. The number of hydrogen-bond donors (Lipinski definition) is 2. The van der Waals surface area contributed by atoms with Crippen LogP contribution in [0.1, 0.15) is 58.3 Å². The quantitative estimate of drug-likeness (QED) is 0.296. The van der Waals surface area contributed by atoms with Crippen LogP contribution in [0.4, 0.5) is 0 Å². The van der Waals surface area contributed by atoms with Crippen molar-refractivity contribution in [1.29, 1.82) is 0 Å². The van der Waals surface area contributed by atoms with Gasteiger partial charge >= 0.3 is 0 Å². The third kappa shape index (κ3) is 14.2. The van der Waals surface area contributed by atoms with E-state index in [0.717, 1.165) is 44.9 Å². The van der Waals surface area contributed by atoms with E-state index < -0.39 is 0 Å². The summed E-state index contributed by atoms with van der Waals surface area (Å²) < 4.78 is 5.63. The Morgan fingerprint density at radius 2 is 1.39 bits per heavy atom. The molecule has 0 saturated carbocycles. The van der Waals surface area contributed by atoms with Crippen LogP contribution in [-0.2, 0) is 9.53 Å². The summed E-state index contributed by atoms with van der Waals surface area (Å²) in [6, 6.07) is 0. The number of amides is 1. The van der Waals surface area contributed by atoms with Crippen LogP contribution in [0.2, 0.25) is 0 Å². The molecule has 1 amide bonds. The summed E-state index contributed by atoms with van der Waals surface area (Å²) in [7, 11) is 0. The molecule has 0 bridgehead atoms. The van der Waals surface area contributed by atoms with Crippen molar-refractivity contribution in [3.05, 3.63) is 60.8 Å². The fraction of sp³-hybridized carbons (Fsp3) is 0.542. The summed E-state index contributed by atoms with van der Waals surface area (Å²) in [6.45, 7) is 2.48. The van der Waals surface area contributed by atoms with Crippen molar-refractivity contribution in [3.8, 4) is 0 Å². The van der Waals surface area contributed by atoms with Gasteiger partial charge in [-0.1, -0.05) is 67.7 Å². The Labute approximate surface area is 170 Å². The molecule has 2 unspecified atom stereocenters. The molecule has 1 saturated heterocycles. The van der Waals surface area contributed by atoms with Gasteiger partial charge in [0.05, 0.1) is 18.8 Å². The van der Waals surface area contributed by atoms with Crippen LogP contribution in [0.15, 0.2) is 60.8 Å². The van der Waals surface area contributed by atoms with Crippen molar-refractivity contribution >= 4 is 5.91 Å². The Morgan fingerprint density at radius 3 is 1.96 bits per heavy atom. The minimum atomic E-state index is -0.0120. The predicted octanol–water partition coefficient (Wildman–Crippen LogP) is 4.78. The van der Waals surface area contributed by atoms with Gasteiger partial charge in [-0.3, -0.25) is 4.79 Å². The molecule has 1 rings (SSSR count). The van der Waals surface area contributed by atoms with Crippen molar-refractivity contribution in [2.24, 2.45) is 0 Å². The first-order valence-corrected chi connectivity index (χ1v) is 10.6. The fourth-order valence-electron chi connectivity index (χ4n) is 2.65. The van der Waals surface area contributed by atoms with Crippen molar-refractivity contribution in [2.75, 3.05) is 13.2 Å². The standard InChI is InChI=1S/C24H37NO3/c1-2-3-14-17-22-23(28-22)18-15-12-10-8-6-4-5-7-9-11-13-16-19-24(27)25-20-21-26/h3,5-8,11-15,22-23,26H,2,4,9-10,16-21H2,1H3,(H,25,27)/b7-5-,8-6-,13-11-,14-3-,15-12-. The van der Waals surface area contributed by atoms with E-state index in [0.29, 0.717) is 25.2 Å². The molecule has 2 atom stereocenters. The van der Waals surface area contributed by atoms with Gasteiger partial charge in [-0.25, -0.2) is 0 Å². The molecule has 156 valence electrons. The average molecular weight is 388 g/mol. The van der Waals surface area contributed by atoms with Gasteiger partial charge in [0.15, 0.2) is 0 Å². The van der Waals surface area contributed by atoms with Gasteiger partial charge in [-0.2, -0.15) is 0 Å². The van der Waals surface area contributed by atoms with Crippen LogP contribution in [0.25, 0.3) is 0 Å². The molecule has 2 N–H and O–H groups in total. The lowest BCUT2D eigenvalue weighted by Gasteiger charge is -1.99. The average Bonchev–Trinajstić information content (AvgIpc) is 3.45. The van der Waals surface area contributed by atoms with Gasteiger partial charge in [-0.05, 0) is 44.9 Å². The summed E-state index contributed by atoms with van der Waals surface area (Å²) in [4.78, 5) is 11.3. The molecule has 1 aliphatic rings. The van der Waals surface area contributed by atoms with E-state index in [1.54, 1.807) is 0 Å². The second-order valence-electron chi connectivity index (χ2n) is 6.77. The lowest BCUT2D eigenvalue weighted by molar-refractivity contribution is -0.121. The van der Waals surface area contributed by atoms with Gasteiger partial charge in [0.25, 0.3) is 0 Å². The zero-order chi connectivity index (χ0) is 20.3. The van der Waals surface area contributed by atoms with E-state index in [-0.39, 0.29) is 12.5 Å². The lowest BCUT2D eigenvalue weighted by atomic mass is 10.1. The summed E-state index contributed by atoms with van der Waals surface area (Å²) in [5, 5.41) is 11.2. The zero-order valence-electron chi connectivity index (χ0n) is 17.3. The predicted molar refractivity (Wildman–Crippen MR) is 117 cm³/mol. The number of aliphatic hydroxyl groups is 1. The monoisotopic (exact) mass is 387 g/mol. The van der Waals surface area contributed by atoms with Crippen molar-refractivity contribution in [3.63, 3.8) is 0 Å². The summed E-state index contributed by atoms with van der Waals surface area (Å²) in [6.07, 6.45) is 29.7. The summed E-state index contributed by atoms with van der Waals surface area (Å²) in [5.41, 5.74) is 0. The molecule has 1 aliphatic heterocycles. The third-order valence-electron chi connectivity index (χ3n) is 4.28. The first kappa shape index (κ1) is 24.1. The van der Waals surface area contributed by atoms with Crippen LogP contribution >= 0.6 is 0 Å². The van der Waals surface area contributed by atoms with Gasteiger partial charge in [0, 0.05) is 13.0 Å². The van der Waals surface area contributed by atoms with Crippen molar-refractivity contribution in [2.45, 2.75) is 70.5 Å². The number of rotatable bonds is 16. The molecule has 0 aromatic carbocycles. The molecule has 0 aromatic heterocycles. The minimum Gasteiger partial charge on any atom is -0.395 e. The summed E-state index contributed by atoms with van der Waals surface area (Å²) >= 11 is 0.